The molecule has 8 nitrogen and oxygen atoms in total. The Morgan fingerprint density at radius 2 is 2.00 bits per heavy atom. The number of aromatic nitrogens is 1. The fourth-order valence-corrected chi connectivity index (χ4v) is 2.88. The Bertz CT molecular complexity index is 852. The Morgan fingerprint density at radius 3 is 2.69 bits per heavy atom. The van der Waals surface area contributed by atoms with E-state index < -0.39 is 4.92 Å². The lowest BCUT2D eigenvalue weighted by molar-refractivity contribution is -0.385. The van der Waals surface area contributed by atoms with Crippen LogP contribution in [0.2, 0.25) is 0 Å². The molecule has 8 heteroatoms. The summed E-state index contributed by atoms with van der Waals surface area (Å²) in [6, 6.07) is 5.97. The molecule has 0 saturated carbocycles. The number of benzene rings is 1. The summed E-state index contributed by atoms with van der Waals surface area (Å²) >= 11 is 0. The second-order valence-corrected chi connectivity index (χ2v) is 6.24. The molecule has 0 atom stereocenters. The molecule has 1 aromatic carbocycles. The van der Waals surface area contributed by atoms with E-state index >= 15 is 0 Å². The number of aromatic amines is 1. The summed E-state index contributed by atoms with van der Waals surface area (Å²) in [5.74, 6) is -0.443. The summed E-state index contributed by atoms with van der Waals surface area (Å²) < 4.78 is 5.36. The number of nitrogens with one attached hydrogen (secondary N) is 1. The molecule has 2 heterocycles. The smallest absolute Gasteiger partial charge is 0.310 e. The molecule has 1 amide bonds. The van der Waals surface area contributed by atoms with Crippen molar-refractivity contribution in [1.29, 1.82) is 0 Å². The number of hydrogen-bond donors (Lipinski definition) is 1. The predicted octanol–water partition coefficient (Wildman–Crippen LogP) is 2.73. The van der Waals surface area contributed by atoms with Crippen molar-refractivity contribution in [3.63, 3.8) is 0 Å². The first-order chi connectivity index (χ1) is 12.5. The van der Waals surface area contributed by atoms with E-state index in [1.807, 2.05) is 0 Å². The van der Waals surface area contributed by atoms with E-state index in [0.29, 0.717) is 11.3 Å². The second kappa shape index (κ2) is 7.38. The zero-order chi connectivity index (χ0) is 18.7. The number of rotatable bonds is 6. The molecule has 1 aromatic heterocycles. The number of aryl methyl sites for hydroxylation is 1. The fourth-order valence-electron chi connectivity index (χ4n) is 2.88. The Kier molecular flexibility index (Phi) is 5.01. The quantitative estimate of drug-likeness (QED) is 0.486. The van der Waals surface area contributed by atoms with Crippen molar-refractivity contribution in [2.24, 2.45) is 0 Å². The number of likely N-dealkylation sites (tertiary alicyclic amines) is 1. The Balaban J connectivity index is 1.67. The number of carbonyl (C=O) groups is 2. The molecule has 0 radical (unpaired) electrons. The number of carbonyl (C=O) groups excluding carboxylic acids is 2. The minimum absolute atomic E-state index is 0.0484. The van der Waals surface area contributed by atoms with E-state index in [9.17, 15) is 19.7 Å². The molecule has 0 bridgehead atoms. The first kappa shape index (κ1) is 17.7. The predicted molar refractivity (Wildman–Crippen MR) is 93.6 cm³/mol. The average Bonchev–Trinajstić information content (AvgIpc) is 3.30. The summed E-state index contributed by atoms with van der Waals surface area (Å²) in [6.45, 7) is 2.88. The van der Waals surface area contributed by atoms with Gasteiger partial charge in [-0.05, 0) is 37.5 Å². The lowest BCUT2D eigenvalue weighted by atomic mass is 10.2. The van der Waals surface area contributed by atoms with Crippen molar-refractivity contribution in [1.82, 2.24) is 9.88 Å². The number of hydrogen-bond acceptors (Lipinski definition) is 5. The largest absolute Gasteiger partial charge is 0.478 e. The first-order valence-electron chi connectivity index (χ1n) is 8.34. The minimum Gasteiger partial charge on any atom is -0.478 e. The highest BCUT2D eigenvalue weighted by Gasteiger charge is 2.22. The molecule has 1 fully saturated rings. The molecule has 3 rings (SSSR count). The third-order valence-corrected chi connectivity index (χ3v) is 4.30. The van der Waals surface area contributed by atoms with Crippen molar-refractivity contribution < 1.29 is 19.2 Å². The summed E-state index contributed by atoms with van der Waals surface area (Å²) in [5, 5.41) is 11.0. The molecule has 1 aliphatic rings. The number of ketones is 1. The molecule has 2 aromatic rings. The molecular formula is C18H19N3O5. The number of nitrogens with zero attached hydrogens (tertiary/aromatic N) is 2. The second-order valence-electron chi connectivity index (χ2n) is 6.24. The van der Waals surface area contributed by atoms with Gasteiger partial charge in [-0.2, -0.15) is 0 Å². The van der Waals surface area contributed by atoms with Gasteiger partial charge in [0.2, 0.25) is 5.78 Å². The van der Waals surface area contributed by atoms with Gasteiger partial charge in [0.25, 0.3) is 5.91 Å². The van der Waals surface area contributed by atoms with Gasteiger partial charge >= 0.3 is 5.69 Å². The molecule has 0 unspecified atom stereocenters. The van der Waals surface area contributed by atoms with Crippen molar-refractivity contribution >= 4 is 17.4 Å². The third kappa shape index (κ3) is 3.74. The fraction of sp³-hybridized carbons (Fsp3) is 0.333. The molecular weight excluding hydrogens is 338 g/mol. The SMILES string of the molecule is Cc1ccc([N+](=O)[O-])c(OCC(=O)c2c[nH]c(C(=O)N3CCCC3)c2)c1. The maximum atomic E-state index is 12.3. The minimum atomic E-state index is -0.553. The summed E-state index contributed by atoms with van der Waals surface area (Å²) in [4.78, 5) is 39.7. The van der Waals surface area contributed by atoms with Gasteiger partial charge in [0.05, 0.1) is 4.92 Å². The van der Waals surface area contributed by atoms with Crippen LogP contribution in [0.5, 0.6) is 5.75 Å². The van der Waals surface area contributed by atoms with Gasteiger partial charge in [0.1, 0.15) is 5.69 Å². The maximum absolute atomic E-state index is 12.3. The van der Waals surface area contributed by atoms with Gasteiger partial charge in [-0.3, -0.25) is 19.7 Å². The number of nitro groups is 1. The lowest BCUT2D eigenvalue weighted by Crippen LogP contribution is -2.27. The van der Waals surface area contributed by atoms with E-state index in [1.54, 1.807) is 17.9 Å². The van der Waals surface area contributed by atoms with E-state index in [1.165, 1.54) is 24.4 Å². The summed E-state index contributed by atoms with van der Waals surface area (Å²) in [7, 11) is 0. The van der Waals surface area contributed by atoms with Crippen molar-refractivity contribution in [2.45, 2.75) is 19.8 Å². The van der Waals surface area contributed by atoms with Crippen molar-refractivity contribution in [3.05, 3.63) is 57.4 Å². The Morgan fingerprint density at radius 1 is 1.27 bits per heavy atom. The van der Waals surface area contributed by atoms with Crippen LogP contribution in [-0.4, -0.2) is 46.2 Å². The van der Waals surface area contributed by atoms with Gasteiger partial charge in [0, 0.05) is 30.9 Å². The number of H-pyrrole nitrogens is 1. The van der Waals surface area contributed by atoms with Crippen LogP contribution < -0.4 is 4.74 Å². The van der Waals surface area contributed by atoms with Crippen LogP contribution in [0.1, 0.15) is 39.3 Å². The highest BCUT2D eigenvalue weighted by atomic mass is 16.6. The van der Waals surface area contributed by atoms with Crippen molar-refractivity contribution in [2.75, 3.05) is 19.7 Å². The molecule has 1 saturated heterocycles. The van der Waals surface area contributed by atoms with Gasteiger partial charge < -0.3 is 14.6 Å². The normalized spacial score (nSPS) is 13.7. The topological polar surface area (TPSA) is 106 Å². The van der Waals surface area contributed by atoms with Gasteiger partial charge in [-0.25, -0.2) is 0 Å². The van der Waals surface area contributed by atoms with Gasteiger partial charge in [-0.15, -0.1) is 0 Å². The van der Waals surface area contributed by atoms with Crippen LogP contribution >= 0.6 is 0 Å². The molecule has 136 valence electrons. The molecule has 0 aliphatic carbocycles. The van der Waals surface area contributed by atoms with E-state index in [0.717, 1.165) is 31.5 Å². The van der Waals surface area contributed by atoms with Gasteiger partial charge in [-0.1, -0.05) is 6.07 Å². The highest BCUT2D eigenvalue weighted by molar-refractivity contribution is 6.01. The molecule has 1 N–H and O–H groups in total. The summed E-state index contributed by atoms with van der Waals surface area (Å²) in [6.07, 6.45) is 3.43. The van der Waals surface area contributed by atoms with Crippen molar-refractivity contribution in [3.8, 4) is 5.75 Å². The zero-order valence-corrected chi connectivity index (χ0v) is 14.4. The van der Waals surface area contributed by atoms with E-state index in [4.69, 9.17) is 4.74 Å². The van der Waals surface area contributed by atoms with Crippen LogP contribution in [0, 0.1) is 17.0 Å². The van der Waals surface area contributed by atoms with Crippen LogP contribution in [0.4, 0.5) is 5.69 Å². The Hall–Kier alpha value is -3.16. The maximum Gasteiger partial charge on any atom is 0.310 e. The highest BCUT2D eigenvalue weighted by Crippen LogP contribution is 2.27. The molecule has 26 heavy (non-hydrogen) atoms. The molecule has 0 spiro atoms. The lowest BCUT2D eigenvalue weighted by Gasteiger charge is -2.13. The zero-order valence-electron chi connectivity index (χ0n) is 14.4. The number of ether oxygens (including phenoxy) is 1. The monoisotopic (exact) mass is 357 g/mol. The van der Waals surface area contributed by atoms with Crippen LogP contribution in [-0.2, 0) is 0 Å². The third-order valence-electron chi connectivity index (χ3n) is 4.30. The average molecular weight is 357 g/mol. The van der Waals surface area contributed by atoms with Crippen LogP contribution in [0.25, 0.3) is 0 Å². The van der Waals surface area contributed by atoms with Crippen LogP contribution in [0.3, 0.4) is 0 Å². The summed E-state index contributed by atoms with van der Waals surface area (Å²) in [5.41, 5.74) is 1.26. The standard InChI is InChI=1S/C18H19N3O5/c1-12-4-5-15(21(24)25)17(8-12)26-11-16(22)13-9-14(19-10-13)18(23)20-6-2-3-7-20/h4-5,8-10,19H,2-3,6-7,11H2,1H3. The first-order valence-corrected chi connectivity index (χ1v) is 8.34. The Labute approximate surface area is 149 Å². The van der Waals surface area contributed by atoms with Gasteiger partial charge in [0.15, 0.2) is 12.4 Å². The number of nitro benzene ring substituents is 1. The molecule has 1 aliphatic heterocycles. The van der Waals surface area contributed by atoms with Crippen LogP contribution in [0.15, 0.2) is 30.5 Å². The van der Waals surface area contributed by atoms with E-state index in [2.05, 4.69) is 4.98 Å². The number of Topliss-reactive ketones (excluding diaryl/α,β-unsaturated/α-hetero) is 1. The van der Waals surface area contributed by atoms with E-state index in [-0.39, 0.29) is 29.7 Å². The number of amides is 1.